The Morgan fingerprint density at radius 1 is 1.07 bits per heavy atom. The van der Waals surface area contributed by atoms with Gasteiger partial charge in [0.1, 0.15) is 5.56 Å². The Morgan fingerprint density at radius 3 is 2.37 bits per heavy atom. The fourth-order valence-corrected chi connectivity index (χ4v) is 6.70. The van der Waals surface area contributed by atoms with E-state index in [0.717, 1.165) is 42.4 Å². The molecule has 144 valence electrons. The molecule has 1 heterocycles. The summed E-state index contributed by atoms with van der Waals surface area (Å²) in [4.78, 5) is 39.6. The van der Waals surface area contributed by atoms with E-state index in [1.807, 2.05) is 0 Å². The zero-order chi connectivity index (χ0) is 18.7. The molecule has 27 heavy (non-hydrogen) atoms. The lowest BCUT2D eigenvalue weighted by Gasteiger charge is -2.53. The SMILES string of the molecule is NC(=O)c1cc2c([nH]c1=O)CCCC2NC(=O)C1C2CC3CC(C2)CC1C3. The molecule has 1 atom stereocenters. The summed E-state index contributed by atoms with van der Waals surface area (Å²) >= 11 is 0. The average molecular weight is 369 g/mol. The van der Waals surface area contributed by atoms with Crippen LogP contribution in [0, 0.1) is 29.6 Å². The van der Waals surface area contributed by atoms with Crippen LogP contribution in [0.1, 0.15) is 72.6 Å². The summed E-state index contributed by atoms with van der Waals surface area (Å²) in [6.07, 6.45) is 8.73. The number of fused-ring (bicyclic) bond motifs is 1. The second-order valence-electron chi connectivity index (χ2n) is 9.22. The van der Waals surface area contributed by atoms with Crippen molar-refractivity contribution in [3.05, 3.63) is 33.2 Å². The maximum Gasteiger partial charge on any atom is 0.261 e. The molecule has 5 aliphatic rings. The van der Waals surface area contributed by atoms with Crippen LogP contribution in [0.25, 0.3) is 0 Å². The molecule has 4 saturated carbocycles. The van der Waals surface area contributed by atoms with Gasteiger partial charge in [0.25, 0.3) is 11.5 Å². The molecule has 6 rings (SSSR count). The molecule has 0 aliphatic heterocycles. The van der Waals surface area contributed by atoms with Crippen molar-refractivity contribution in [3.8, 4) is 0 Å². The molecule has 1 unspecified atom stereocenters. The number of primary amides is 1. The maximum atomic E-state index is 13.2. The van der Waals surface area contributed by atoms with E-state index in [1.54, 1.807) is 6.07 Å². The fourth-order valence-electron chi connectivity index (χ4n) is 6.70. The van der Waals surface area contributed by atoms with E-state index in [4.69, 9.17) is 5.73 Å². The third-order valence-corrected chi connectivity index (χ3v) is 7.56. The molecule has 1 aromatic heterocycles. The number of amides is 2. The van der Waals surface area contributed by atoms with Gasteiger partial charge < -0.3 is 16.0 Å². The number of aromatic nitrogens is 1. The molecule has 6 nitrogen and oxygen atoms in total. The first-order valence-electron chi connectivity index (χ1n) is 10.4. The quantitative estimate of drug-likeness (QED) is 0.759. The Kier molecular flexibility index (Phi) is 3.92. The lowest BCUT2D eigenvalue weighted by atomic mass is 9.51. The van der Waals surface area contributed by atoms with E-state index in [1.165, 1.54) is 32.1 Å². The van der Waals surface area contributed by atoms with Gasteiger partial charge in [0.15, 0.2) is 0 Å². The number of pyridine rings is 1. The highest BCUT2D eigenvalue weighted by Gasteiger charge is 2.51. The standard InChI is InChI=1S/C21H27N3O3/c22-19(25)15-9-14-16(23-20(15)26)2-1-3-17(14)24-21(27)18-12-5-10-4-11(7-12)8-13(18)6-10/h9-13,17-18H,1-8H2,(H2,22,25)(H,23,26)(H,24,27). The van der Waals surface area contributed by atoms with Crippen LogP contribution in [0.15, 0.2) is 10.9 Å². The van der Waals surface area contributed by atoms with Gasteiger partial charge in [0.05, 0.1) is 6.04 Å². The normalized spacial score (nSPS) is 36.3. The van der Waals surface area contributed by atoms with Crippen LogP contribution in [-0.4, -0.2) is 16.8 Å². The minimum absolute atomic E-state index is 0.0236. The summed E-state index contributed by atoms with van der Waals surface area (Å²) in [5.74, 6) is 2.36. The van der Waals surface area contributed by atoms with Gasteiger partial charge in [-0.1, -0.05) is 0 Å². The van der Waals surface area contributed by atoms with E-state index >= 15 is 0 Å². The predicted octanol–water partition coefficient (Wildman–Crippen LogP) is 2.04. The Hall–Kier alpha value is -2.11. The van der Waals surface area contributed by atoms with Crippen molar-refractivity contribution >= 4 is 11.8 Å². The van der Waals surface area contributed by atoms with Crippen molar-refractivity contribution in [2.45, 2.75) is 57.4 Å². The van der Waals surface area contributed by atoms with Crippen LogP contribution in [-0.2, 0) is 11.2 Å². The summed E-state index contributed by atoms with van der Waals surface area (Å²) in [6.45, 7) is 0. The number of nitrogens with two attached hydrogens (primary N) is 1. The Morgan fingerprint density at radius 2 is 1.74 bits per heavy atom. The number of hydrogen-bond donors (Lipinski definition) is 3. The molecule has 1 aromatic rings. The largest absolute Gasteiger partial charge is 0.365 e. The molecule has 4 fully saturated rings. The Labute approximate surface area is 158 Å². The minimum Gasteiger partial charge on any atom is -0.365 e. The molecule has 0 aromatic carbocycles. The van der Waals surface area contributed by atoms with E-state index in [0.29, 0.717) is 11.8 Å². The third kappa shape index (κ3) is 2.80. The molecular formula is C21H27N3O3. The number of hydrogen-bond acceptors (Lipinski definition) is 3. The molecule has 6 heteroatoms. The summed E-state index contributed by atoms with van der Waals surface area (Å²) in [6, 6.07) is 1.45. The summed E-state index contributed by atoms with van der Waals surface area (Å²) in [5, 5.41) is 3.28. The Bertz CT molecular complexity index is 831. The first kappa shape index (κ1) is 17.0. The molecule has 5 aliphatic carbocycles. The highest BCUT2D eigenvalue weighted by atomic mass is 16.2. The highest BCUT2D eigenvalue weighted by molar-refractivity contribution is 5.92. The Balaban J connectivity index is 1.39. The van der Waals surface area contributed by atoms with Crippen LogP contribution >= 0.6 is 0 Å². The summed E-state index contributed by atoms with van der Waals surface area (Å²) < 4.78 is 0. The van der Waals surface area contributed by atoms with Gasteiger partial charge in [-0.3, -0.25) is 14.4 Å². The number of carbonyl (C=O) groups excluding carboxylic acids is 2. The molecule has 0 spiro atoms. The van der Waals surface area contributed by atoms with Crippen LogP contribution in [0.3, 0.4) is 0 Å². The molecule has 4 N–H and O–H groups in total. The lowest BCUT2D eigenvalue weighted by Crippen LogP contribution is -2.51. The second kappa shape index (κ2) is 6.21. The van der Waals surface area contributed by atoms with Crippen molar-refractivity contribution in [2.24, 2.45) is 35.3 Å². The predicted molar refractivity (Wildman–Crippen MR) is 99.9 cm³/mol. The summed E-state index contributed by atoms with van der Waals surface area (Å²) in [7, 11) is 0. The second-order valence-corrected chi connectivity index (χ2v) is 9.22. The minimum atomic E-state index is -0.726. The third-order valence-electron chi connectivity index (χ3n) is 7.56. The van der Waals surface area contributed by atoms with Crippen LogP contribution in [0.5, 0.6) is 0 Å². The van der Waals surface area contributed by atoms with Crippen molar-refractivity contribution in [3.63, 3.8) is 0 Å². The molecule has 2 amide bonds. The van der Waals surface area contributed by atoms with Gasteiger partial charge in [-0.15, -0.1) is 0 Å². The molecule has 0 radical (unpaired) electrons. The smallest absolute Gasteiger partial charge is 0.261 e. The van der Waals surface area contributed by atoms with E-state index in [-0.39, 0.29) is 23.4 Å². The van der Waals surface area contributed by atoms with E-state index in [2.05, 4.69) is 10.3 Å². The van der Waals surface area contributed by atoms with Crippen molar-refractivity contribution in [2.75, 3.05) is 0 Å². The van der Waals surface area contributed by atoms with Gasteiger partial charge in [0.2, 0.25) is 5.91 Å². The van der Waals surface area contributed by atoms with Gasteiger partial charge >= 0.3 is 0 Å². The number of rotatable bonds is 3. The van der Waals surface area contributed by atoms with Crippen LogP contribution in [0.2, 0.25) is 0 Å². The number of carbonyl (C=O) groups is 2. The maximum absolute atomic E-state index is 13.2. The number of nitrogens with one attached hydrogen (secondary N) is 2. The average Bonchev–Trinajstić information content (AvgIpc) is 2.60. The lowest BCUT2D eigenvalue weighted by molar-refractivity contribution is -0.139. The number of aryl methyl sites for hydroxylation is 1. The van der Waals surface area contributed by atoms with Crippen molar-refractivity contribution < 1.29 is 9.59 Å². The van der Waals surface area contributed by atoms with Crippen LogP contribution < -0.4 is 16.6 Å². The van der Waals surface area contributed by atoms with Gasteiger partial charge in [-0.2, -0.15) is 0 Å². The van der Waals surface area contributed by atoms with Crippen molar-refractivity contribution in [1.29, 1.82) is 0 Å². The topological polar surface area (TPSA) is 105 Å². The molecular weight excluding hydrogens is 342 g/mol. The van der Waals surface area contributed by atoms with Crippen molar-refractivity contribution in [1.82, 2.24) is 10.3 Å². The molecule has 4 bridgehead atoms. The summed E-state index contributed by atoms with van der Waals surface area (Å²) in [5.41, 5.74) is 6.56. The monoisotopic (exact) mass is 369 g/mol. The fraction of sp³-hybridized carbons (Fsp3) is 0.667. The van der Waals surface area contributed by atoms with Gasteiger partial charge in [0, 0.05) is 11.6 Å². The molecule has 0 saturated heterocycles. The number of aromatic amines is 1. The first-order chi connectivity index (χ1) is 13.0. The zero-order valence-electron chi connectivity index (χ0n) is 15.5. The number of H-pyrrole nitrogens is 1. The highest BCUT2D eigenvalue weighted by Crippen LogP contribution is 2.56. The van der Waals surface area contributed by atoms with Gasteiger partial charge in [-0.05, 0) is 86.7 Å². The van der Waals surface area contributed by atoms with Gasteiger partial charge in [-0.25, -0.2) is 0 Å². The van der Waals surface area contributed by atoms with E-state index < -0.39 is 11.5 Å². The first-order valence-corrected chi connectivity index (χ1v) is 10.4. The van der Waals surface area contributed by atoms with Crippen LogP contribution in [0.4, 0.5) is 0 Å². The zero-order valence-corrected chi connectivity index (χ0v) is 15.5. The van der Waals surface area contributed by atoms with E-state index in [9.17, 15) is 14.4 Å².